The number of nitrogens with zero attached hydrogens (tertiary/aromatic N) is 1. The molecule has 0 N–H and O–H groups in total. The van der Waals surface area contributed by atoms with Crippen LogP contribution in [0.25, 0.3) is 10.1 Å². The van der Waals surface area contributed by atoms with Crippen LogP contribution in [0.3, 0.4) is 0 Å². The molecule has 1 aromatic heterocycles. The molecule has 0 saturated carbocycles. The van der Waals surface area contributed by atoms with Gasteiger partial charge in [-0.05, 0) is 12.1 Å². The first-order chi connectivity index (χ1) is 5.29. The summed E-state index contributed by atoms with van der Waals surface area (Å²) in [5, 5.41) is 0.799. The number of hydrogen-bond donors (Lipinski definition) is 0. The zero-order valence-corrected chi connectivity index (χ0v) is 7.62. The summed E-state index contributed by atoms with van der Waals surface area (Å²) in [5.74, 6) is 0. The Hall–Kier alpha value is -0.558. The highest BCUT2D eigenvalue weighted by Crippen LogP contribution is 2.13. The number of fused-ring (bicyclic) bond motifs is 1. The Morgan fingerprint density at radius 3 is 2.82 bits per heavy atom. The lowest BCUT2D eigenvalue weighted by Gasteiger charge is -1.80. The molecule has 0 bridgehead atoms. The molecule has 4 heteroatoms. The van der Waals surface area contributed by atoms with Crippen molar-refractivity contribution in [3.8, 4) is 0 Å². The van der Waals surface area contributed by atoms with E-state index in [1.54, 1.807) is 2.94 Å². The average molecular weight is 177 g/mol. The van der Waals surface area contributed by atoms with Crippen molar-refractivity contribution in [2.45, 2.75) is 0 Å². The minimum absolute atomic E-state index is 0.0654. The molecule has 0 spiro atoms. The van der Waals surface area contributed by atoms with Gasteiger partial charge in [-0.1, -0.05) is 23.7 Å². The van der Waals surface area contributed by atoms with Gasteiger partial charge >= 0.3 is 16.5 Å². The summed E-state index contributed by atoms with van der Waals surface area (Å²) in [4.78, 5) is 11.3. The van der Waals surface area contributed by atoms with E-state index in [0.717, 1.165) is 10.1 Å². The van der Waals surface area contributed by atoms with Gasteiger partial charge < -0.3 is 2.94 Å². The van der Waals surface area contributed by atoms with Gasteiger partial charge in [-0.15, -0.1) is 0 Å². The zero-order chi connectivity index (χ0) is 7.84. The van der Waals surface area contributed by atoms with Gasteiger partial charge in [0.15, 0.2) is 0 Å². The highest BCUT2D eigenvalue weighted by molar-refractivity contribution is 7.15. The molecule has 1 aromatic carbocycles. The Labute approximate surface area is 75.9 Å². The molecule has 1 heterocycles. The molecule has 2 aromatic rings. The van der Waals surface area contributed by atoms with E-state index in [-0.39, 0.29) is 5.56 Å². The van der Waals surface area contributed by atoms with Crippen molar-refractivity contribution in [3.63, 3.8) is 0 Å². The average Bonchev–Trinajstić information content (AvgIpc) is 2.30. The minimum atomic E-state index is 0.0654. The van der Waals surface area contributed by atoms with Gasteiger partial charge in [0.05, 0.1) is 10.1 Å². The van der Waals surface area contributed by atoms with Crippen molar-refractivity contribution in [1.82, 2.24) is 2.94 Å². The van der Waals surface area contributed by atoms with E-state index in [1.807, 2.05) is 24.3 Å². The third-order valence-electron chi connectivity index (χ3n) is 1.51. The van der Waals surface area contributed by atoms with Gasteiger partial charge in [-0.3, -0.25) is 4.79 Å². The molecule has 2 rings (SSSR count). The molecular formula is C7H4AlNOS. The second kappa shape index (κ2) is 2.49. The van der Waals surface area contributed by atoms with Gasteiger partial charge in [-0.2, -0.15) is 0 Å². The Kier molecular flexibility index (Phi) is 1.61. The molecule has 52 valence electrons. The van der Waals surface area contributed by atoms with Gasteiger partial charge in [-0.25, -0.2) is 0 Å². The van der Waals surface area contributed by atoms with Crippen molar-refractivity contribution in [3.05, 3.63) is 34.6 Å². The quantitative estimate of drug-likeness (QED) is 0.550. The molecule has 2 nitrogen and oxygen atoms in total. The van der Waals surface area contributed by atoms with E-state index in [4.69, 9.17) is 0 Å². The van der Waals surface area contributed by atoms with Crippen molar-refractivity contribution < 1.29 is 0 Å². The van der Waals surface area contributed by atoms with Crippen LogP contribution in [0.4, 0.5) is 0 Å². The van der Waals surface area contributed by atoms with Crippen LogP contribution in [0.1, 0.15) is 0 Å². The second-order valence-corrected chi connectivity index (χ2v) is 4.12. The topological polar surface area (TPSA) is 22.0 Å². The largest absolute Gasteiger partial charge is 0.381 e. The van der Waals surface area contributed by atoms with Crippen LogP contribution in [0, 0.1) is 0 Å². The molecular weight excluding hydrogens is 173 g/mol. The maximum absolute atomic E-state index is 11.3. The van der Waals surface area contributed by atoms with Gasteiger partial charge in [0, 0.05) is 0 Å². The maximum Gasteiger partial charge on any atom is 0.343 e. The second-order valence-electron chi connectivity index (χ2n) is 2.22. The Morgan fingerprint density at radius 2 is 2.09 bits per heavy atom. The fourth-order valence-corrected chi connectivity index (χ4v) is 2.26. The van der Waals surface area contributed by atoms with E-state index in [9.17, 15) is 4.79 Å². The van der Waals surface area contributed by atoms with Crippen LogP contribution in [-0.2, 0) is 0 Å². The van der Waals surface area contributed by atoms with Crippen LogP contribution in [0.5, 0.6) is 0 Å². The van der Waals surface area contributed by atoms with Gasteiger partial charge in [0.25, 0.3) is 0 Å². The van der Waals surface area contributed by atoms with E-state index in [0.29, 0.717) is 0 Å². The lowest BCUT2D eigenvalue weighted by molar-refractivity contribution is 1.33. The first-order valence-electron chi connectivity index (χ1n) is 3.15. The van der Waals surface area contributed by atoms with Crippen molar-refractivity contribution in [1.29, 1.82) is 0 Å². The predicted molar refractivity (Wildman–Crippen MR) is 47.2 cm³/mol. The number of aromatic nitrogens is 1. The summed E-state index contributed by atoms with van der Waals surface area (Å²) >= 11 is 3.83. The summed E-state index contributed by atoms with van der Waals surface area (Å²) in [6, 6.07) is 7.60. The van der Waals surface area contributed by atoms with Crippen molar-refractivity contribution in [2.24, 2.45) is 0 Å². The van der Waals surface area contributed by atoms with Crippen molar-refractivity contribution >= 4 is 38.1 Å². The summed E-state index contributed by atoms with van der Waals surface area (Å²) in [5.41, 5.74) is 0.0654. The third-order valence-corrected chi connectivity index (χ3v) is 2.98. The highest BCUT2D eigenvalue weighted by Gasteiger charge is 2.00. The summed E-state index contributed by atoms with van der Waals surface area (Å²) < 4.78 is 2.59. The van der Waals surface area contributed by atoms with E-state index < -0.39 is 0 Å². The fraction of sp³-hybridized carbons (Fsp3) is 0. The Morgan fingerprint density at radius 1 is 1.36 bits per heavy atom. The lowest BCUT2D eigenvalue weighted by Crippen LogP contribution is -2.09. The maximum atomic E-state index is 11.3. The highest BCUT2D eigenvalue weighted by atomic mass is 32.1. The SMILES string of the molecule is O=c1c2ccccc2s[n]1[Al]. The first-order valence-corrected chi connectivity index (χ1v) is 4.44. The van der Waals surface area contributed by atoms with Gasteiger partial charge in [0.1, 0.15) is 0 Å². The summed E-state index contributed by atoms with van der Waals surface area (Å²) in [6.45, 7) is 0. The molecule has 2 radical (unpaired) electrons. The molecule has 0 atom stereocenters. The van der Waals surface area contributed by atoms with E-state index >= 15 is 0 Å². The molecule has 0 unspecified atom stereocenters. The lowest BCUT2D eigenvalue weighted by atomic mass is 10.3. The molecule has 11 heavy (non-hydrogen) atoms. The van der Waals surface area contributed by atoms with Crippen LogP contribution in [0.15, 0.2) is 29.1 Å². The molecule has 0 fully saturated rings. The van der Waals surface area contributed by atoms with E-state index in [1.165, 1.54) is 11.5 Å². The van der Waals surface area contributed by atoms with E-state index in [2.05, 4.69) is 16.5 Å². The molecule has 0 aliphatic heterocycles. The molecule has 0 saturated heterocycles. The van der Waals surface area contributed by atoms with Crippen LogP contribution >= 0.6 is 11.5 Å². The monoisotopic (exact) mass is 177 g/mol. The molecule has 0 aliphatic rings. The minimum Gasteiger partial charge on any atom is -0.381 e. The van der Waals surface area contributed by atoms with Crippen LogP contribution in [0.2, 0.25) is 0 Å². The number of hydrogen-bond acceptors (Lipinski definition) is 2. The Balaban J connectivity index is 3.04. The smallest absolute Gasteiger partial charge is 0.343 e. The first kappa shape index (κ1) is 7.11. The Bertz CT molecular complexity index is 445. The number of benzene rings is 1. The standard InChI is InChI=1S/C7H5NOS.Al/c9-7-5-3-1-2-4-6(5)10-8-7;/h1-4H,(H,8,9);/q;+1/p-1. The number of rotatable bonds is 0. The predicted octanol–water partition coefficient (Wildman–Crippen LogP) is 0.995. The fourth-order valence-electron chi connectivity index (χ4n) is 0.989. The summed E-state index contributed by atoms with van der Waals surface area (Å²) in [6.07, 6.45) is 0. The summed E-state index contributed by atoms with van der Waals surface area (Å²) in [7, 11) is 0. The molecule has 0 amide bonds. The molecule has 0 aliphatic carbocycles. The van der Waals surface area contributed by atoms with Crippen molar-refractivity contribution in [2.75, 3.05) is 0 Å². The van der Waals surface area contributed by atoms with Gasteiger partial charge in [0.2, 0.25) is 5.56 Å². The zero-order valence-electron chi connectivity index (χ0n) is 5.65. The normalized spacial score (nSPS) is 10.5. The van der Waals surface area contributed by atoms with Crippen LogP contribution < -0.4 is 5.56 Å². The third kappa shape index (κ3) is 1.04. The van der Waals surface area contributed by atoms with Crippen LogP contribution in [-0.4, -0.2) is 19.5 Å².